The Hall–Kier alpha value is -2.28. The van der Waals surface area contributed by atoms with Crippen LogP contribution in [-0.4, -0.2) is 21.1 Å². The number of hydrogen-bond acceptors (Lipinski definition) is 4. The summed E-state index contributed by atoms with van der Waals surface area (Å²) in [5.74, 6) is 0.905. The van der Waals surface area contributed by atoms with Gasteiger partial charge in [-0.05, 0) is 30.3 Å². The van der Waals surface area contributed by atoms with Crippen LogP contribution in [-0.2, 0) is 6.54 Å². The number of rotatable bonds is 4. The third-order valence-corrected chi connectivity index (χ3v) is 3.58. The van der Waals surface area contributed by atoms with Gasteiger partial charge >= 0.3 is 0 Å². The normalized spacial score (nSPS) is 10.9. The smallest absolute Gasteiger partial charge is 0.276 e. The zero-order chi connectivity index (χ0) is 14.8. The third kappa shape index (κ3) is 2.92. The summed E-state index contributed by atoms with van der Waals surface area (Å²) < 4.78 is 8.45. The lowest BCUT2D eigenvalue weighted by Gasteiger charge is -2.08. The van der Waals surface area contributed by atoms with Crippen LogP contribution in [0.15, 0.2) is 45.8 Å². The average molecular weight is 349 g/mol. The number of hydrogen-bond donors (Lipinski definition) is 2. The van der Waals surface area contributed by atoms with E-state index in [2.05, 4.69) is 25.9 Å². The number of aromatic nitrogens is 3. The van der Waals surface area contributed by atoms with Crippen LogP contribution in [0.25, 0.3) is 11.0 Å². The van der Waals surface area contributed by atoms with Gasteiger partial charge < -0.3 is 15.0 Å². The molecule has 0 atom stereocenters. The second kappa shape index (κ2) is 5.61. The Labute approximate surface area is 128 Å². The van der Waals surface area contributed by atoms with Gasteiger partial charge in [0.05, 0.1) is 12.1 Å². The summed E-state index contributed by atoms with van der Waals surface area (Å²) in [5, 5.41) is 0. The standard InChI is InChI=1S/C14H13BrN4O2/c15-9-1-3-10(4-2-9)21-8-7-19-6-5-11-12(19)13(20)18-14(16)17-11/h1-6H,7-8H2,(H3,16,17,18,20). The summed E-state index contributed by atoms with van der Waals surface area (Å²) in [7, 11) is 0. The monoisotopic (exact) mass is 348 g/mol. The number of nitrogen functional groups attached to an aromatic ring is 1. The molecule has 0 bridgehead atoms. The molecule has 0 amide bonds. The lowest BCUT2D eigenvalue weighted by atomic mass is 10.3. The van der Waals surface area contributed by atoms with Gasteiger partial charge in [-0.15, -0.1) is 0 Å². The molecule has 0 aliphatic carbocycles. The van der Waals surface area contributed by atoms with Gasteiger partial charge in [-0.25, -0.2) is 4.98 Å². The number of H-pyrrole nitrogens is 1. The lowest BCUT2D eigenvalue weighted by Crippen LogP contribution is -2.16. The van der Waals surface area contributed by atoms with Crippen LogP contribution in [0.2, 0.25) is 0 Å². The summed E-state index contributed by atoms with van der Waals surface area (Å²) in [6.45, 7) is 1.00. The van der Waals surface area contributed by atoms with Gasteiger partial charge in [0, 0.05) is 10.7 Å². The van der Waals surface area contributed by atoms with Crippen molar-refractivity contribution in [3.05, 3.63) is 51.4 Å². The van der Waals surface area contributed by atoms with Gasteiger partial charge in [-0.1, -0.05) is 15.9 Å². The third-order valence-electron chi connectivity index (χ3n) is 3.05. The number of fused-ring (bicyclic) bond motifs is 1. The van der Waals surface area contributed by atoms with E-state index in [1.807, 2.05) is 24.3 Å². The lowest BCUT2D eigenvalue weighted by molar-refractivity contribution is 0.300. The molecule has 0 saturated heterocycles. The minimum Gasteiger partial charge on any atom is -0.492 e. The molecule has 0 aliphatic rings. The molecule has 0 fully saturated rings. The summed E-state index contributed by atoms with van der Waals surface area (Å²) >= 11 is 3.37. The molecule has 3 N–H and O–H groups in total. The fourth-order valence-electron chi connectivity index (χ4n) is 2.11. The van der Waals surface area contributed by atoms with Crippen LogP contribution in [0, 0.1) is 0 Å². The van der Waals surface area contributed by atoms with Gasteiger partial charge in [0.25, 0.3) is 5.56 Å². The Bertz CT molecular complexity index is 823. The zero-order valence-corrected chi connectivity index (χ0v) is 12.6. The zero-order valence-electron chi connectivity index (χ0n) is 11.0. The first-order chi connectivity index (χ1) is 10.1. The highest BCUT2D eigenvalue weighted by Crippen LogP contribution is 2.16. The quantitative estimate of drug-likeness (QED) is 0.756. The van der Waals surface area contributed by atoms with E-state index in [1.54, 1.807) is 16.8 Å². The van der Waals surface area contributed by atoms with Crippen molar-refractivity contribution in [2.24, 2.45) is 0 Å². The molecule has 1 aromatic carbocycles. The van der Waals surface area contributed by atoms with Gasteiger partial charge in [0.15, 0.2) is 0 Å². The number of halogens is 1. The van der Waals surface area contributed by atoms with E-state index in [9.17, 15) is 4.79 Å². The first-order valence-electron chi connectivity index (χ1n) is 6.36. The molecular weight excluding hydrogens is 336 g/mol. The topological polar surface area (TPSA) is 85.9 Å². The van der Waals surface area contributed by atoms with Gasteiger partial charge in [-0.3, -0.25) is 9.78 Å². The van der Waals surface area contributed by atoms with Crippen LogP contribution in [0.3, 0.4) is 0 Å². The predicted octanol–water partition coefficient (Wildman–Crippen LogP) is 2.15. The number of benzene rings is 1. The molecule has 0 aliphatic heterocycles. The number of ether oxygens (including phenoxy) is 1. The van der Waals surface area contributed by atoms with Gasteiger partial charge in [-0.2, -0.15) is 0 Å². The van der Waals surface area contributed by atoms with Crippen LogP contribution >= 0.6 is 15.9 Å². The second-order valence-electron chi connectivity index (χ2n) is 4.50. The Morgan fingerprint density at radius 1 is 1.29 bits per heavy atom. The molecule has 7 heteroatoms. The Morgan fingerprint density at radius 2 is 2.05 bits per heavy atom. The van der Waals surface area contributed by atoms with Crippen molar-refractivity contribution in [1.29, 1.82) is 0 Å². The maximum absolute atomic E-state index is 11.9. The van der Waals surface area contributed by atoms with Crippen molar-refractivity contribution in [3.63, 3.8) is 0 Å². The molecule has 3 rings (SSSR count). The highest BCUT2D eigenvalue weighted by Gasteiger charge is 2.07. The van der Waals surface area contributed by atoms with Crippen molar-refractivity contribution < 1.29 is 4.74 Å². The van der Waals surface area contributed by atoms with Crippen molar-refractivity contribution in [1.82, 2.24) is 14.5 Å². The van der Waals surface area contributed by atoms with E-state index in [0.717, 1.165) is 10.2 Å². The summed E-state index contributed by atoms with van der Waals surface area (Å²) in [6, 6.07) is 9.36. The fourth-order valence-corrected chi connectivity index (χ4v) is 2.37. The van der Waals surface area contributed by atoms with E-state index < -0.39 is 0 Å². The van der Waals surface area contributed by atoms with Crippen molar-refractivity contribution in [2.75, 3.05) is 12.3 Å². The second-order valence-corrected chi connectivity index (χ2v) is 5.41. The maximum Gasteiger partial charge on any atom is 0.276 e. The minimum absolute atomic E-state index is 0.122. The molecule has 2 aromatic heterocycles. The van der Waals surface area contributed by atoms with Crippen LogP contribution < -0.4 is 16.0 Å². The first-order valence-corrected chi connectivity index (χ1v) is 7.16. The number of nitrogens with one attached hydrogen (secondary N) is 1. The average Bonchev–Trinajstić information content (AvgIpc) is 2.84. The summed E-state index contributed by atoms with van der Waals surface area (Å²) in [6.07, 6.45) is 1.80. The van der Waals surface area contributed by atoms with E-state index >= 15 is 0 Å². The van der Waals surface area contributed by atoms with E-state index in [4.69, 9.17) is 10.5 Å². The van der Waals surface area contributed by atoms with E-state index in [1.165, 1.54) is 0 Å². The van der Waals surface area contributed by atoms with Gasteiger partial charge in [0.1, 0.15) is 17.9 Å². The molecule has 0 radical (unpaired) electrons. The molecule has 3 aromatic rings. The molecule has 21 heavy (non-hydrogen) atoms. The molecule has 6 nitrogen and oxygen atoms in total. The Balaban J connectivity index is 1.74. The Kier molecular flexibility index (Phi) is 3.66. The van der Waals surface area contributed by atoms with Crippen molar-refractivity contribution in [3.8, 4) is 5.75 Å². The van der Waals surface area contributed by atoms with Crippen molar-refractivity contribution >= 4 is 32.9 Å². The fraction of sp³-hybridized carbons (Fsp3) is 0.143. The maximum atomic E-state index is 11.9. The van der Waals surface area contributed by atoms with Crippen molar-refractivity contribution in [2.45, 2.75) is 6.54 Å². The van der Waals surface area contributed by atoms with Crippen LogP contribution in [0.1, 0.15) is 0 Å². The summed E-state index contributed by atoms with van der Waals surface area (Å²) in [5.41, 5.74) is 6.36. The predicted molar refractivity (Wildman–Crippen MR) is 84.4 cm³/mol. The molecule has 0 saturated carbocycles. The van der Waals surface area contributed by atoms with Crippen LogP contribution in [0.5, 0.6) is 5.75 Å². The molecular formula is C14H13BrN4O2. The van der Waals surface area contributed by atoms with Gasteiger partial charge in [0.2, 0.25) is 5.95 Å². The molecule has 2 heterocycles. The largest absolute Gasteiger partial charge is 0.492 e. The molecule has 108 valence electrons. The highest BCUT2D eigenvalue weighted by atomic mass is 79.9. The number of aromatic amines is 1. The highest BCUT2D eigenvalue weighted by molar-refractivity contribution is 9.10. The summed E-state index contributed by atoms with van der Waals surface area (Å²) in [4.78, 5) is 18.5. The molecule has 0 unspecified atom stereocenters. The Morgan fingerprint density at radius 3 is 2.81 bits per heavy atom. The molecule has 0 spiro atoms. The first kappa shape index (κ1) is 13.7. The minimum atomic E-state index is -0.244. The number of nitrogens with zero attached hydrogens (tertiary/aromatic N) is 2. The number of nitrogens with two attached hydrogens (primary N) is 1. The van der Waals surface area contributed by atoms with E-state index in [0.29, 0.717) is 24.2 Å². The van der Waals surface area contributed by atoms with Crippen LogP contribution in [0.4, 0.5) is 5.95 Å². The SMILES string of the molecule is Nc1nc2ccn(CCOc3ccc(Br)cc3)c2c(=O)[nH]1. The van der Waals surface area contributed by atoms with E-state index in [-0.39, 0.29) is 11.5 Å². The number of anilines is 1.